The number of carbonyl (C=O) groups is 1. The summed E-state index contributed by atoms with van der Waals surface area (Å²) in [5, 5.41) is 10.8. The van der Waals surface area contributed by atoms with Crippen molar-refractivity contribution in [1.29, 1.82) is 0 Å². The zero-order valence-electron chi connectivity index (χ0n) is 17.3. The van der Waals surface area contributed by atoms with Crippen molar-refractivity contribution in [3.05, 3.63) is 95.6 Å². The van der Waals surface area contributed by atoms with Crippen LogP contribution in [0.4, 0.5) is 0 Å². The van der Waals surface area contributed by atoms with Gasteiger partial charge in [0.05, 0.1) is 14.2 Å². The van der Waals surface area contributed by atoms with Gasteiger partial charge in [-0.2, -0.15) is 0 Å². The second-order valence-corrected chi connectivity index (χ2v) is 7.24. The molecule has 1 heterocycles. The molecule has 1 aliphatic rings. The van der Waals surface area contributed by atoms with Crippen LogP contribution in [0.25, 0.3) is 0 Å². The van der Waals surface area contributed by atoms with Crippen LogP contribution in [0.15, 0.2) is 78.9 Å². The lowest BCUT2D eigenvalue weighted by Gasteiger charge is -2.38. The minimum absolute atomic E-state index is 0.584. The Morgan fingerprint density at radius 3 is 1.81 bits per heavy atom. The molecule has 6 heteroatoms. The molecule has 0 spiro atoms. The maximum atomic E-state index is 12.8. The quantitative estimate of drug-likeness (QED) is 0.604. The van der Waals surface area contributed by atoms with Gasteiger partial charge >= 0.3 is 5.97 Å². The van der Waals surface area contributed by atoms with Gasteiger partial charge < -0.3 is 24.1 Å². The van der Waals surface area contributed by atoms with Crippen molar-refractivity contribution in [2.75, 3.05) is 14.2 Å². The van der Waals surface area contributed by atoms with E-state index in [2.05, 4.69) is 0 Å². The second-order valence-electron chi connectivity index (χ2n) is 7.24. The summed E-state index contributed by atoms with van der Waals surface area (Å²) in [5.41, 5.74) is 2.16. The van der Waals surface area contributed by atoms with E-state index < -0.39 is 30.4 Å². The summed E-state index contributed by atoms with van der Waals surface area (Å²) in [7, 11) is 3.19. The molecule has 0 unspecified atom stereocenters. The molecule has 160 valence electrons. The number of aliphatic hydroxyl groups excluding tert-OH is 1. The van der Waals surface area contributed by atoms with Gasteiger partial charge in [0, 0.05) is 0 Å². The highest BCUT2D eigenvalue weighted by Crippen LogP contribution is 2.43. The van der Waals surface area contributed by atoms with Crippen LogP contribution < -0.4 is 9.47 Å². The smallest absolute Gasteiger partial charge is 0.339 e. The molecule has 6 nitrogen and oxygen atoms in total. The number of esters is 1. The number of hydrogen-bond acceptors (Lipinski definition) is 6. The Kier molecular flexibility index (Phi) is 6.21. The van der Waals surface area contributed by atoms with Crippen molar-refractivity contribution < 1.29 is 28.8 Å². The van der Waals surface area contributed by atoms with E-state index in [1.165, 1.54) is 0 Å². The summed E-state index contributed by atoms with van der Waals surface area (Å²) in [6.45, 7) is 0. The summed E-state index contributed by atoms with van der Waals surface area (Å²) in [6.07, 6.45) is -3.58. The lowest BCUT2D eigenvalue weighted by molar-refractivity contribution is -0.216. The van der Waals surface area contributed by atoms with E-state index in [4.69, 9.17) is 18.9 Å². The zero-order chi connectivity index (χ0) is 21.8. The van der Waals surface area contributed by atoms with Gasteiger partial charge in [-0.3, -0.25) is 0 Å². The number of cyclic esters (lactones) is 1. The minimum atomic E-state index is -1.15. The molecule has 0 saturated carbocycles. The van der Waals surface area contributed by atoms with Crippen LogP contribution >= 0.6 is 0 Å². The lowest BCUT2D eigenvalue weighted by atomic mass is 9.95. The van der Waals surface area contributed by atoms with E-state index in [0.717, 1.165) is 11.1 Å². The molecule has 0 aromatic heterocycles. The maximum absolute atomic E-state index is 12.8. The van der Waals surface area contributed by atoms with Crippen LogP contribution in [0.1, 0.15) is 35.0 Å². The van der Waals surface area contributed by atoms with Crippen LogP contribution in [0, 0.1) is 0 Å². The average Bonchev–Trinajstić information content (AvgIpc) is 2.84. The molecular weight excluding hydrogens is 396 g/mol. The highest BCUT2D eigenvalue weighted by molar-refractivity contribution is 5.77. The van der Waals surface area contributed by atoms with E-state index in [-0.39, 0.29) is 0 Å². The van der Waals surface area contributed by atoms with Crippen molar-refractivity contribution in [3.63, 3.8) is 0 Å². The summed E-state index contributed by atoms with van der Waals surface area (Å²) in [4.78, 5) is 12.8. The third-order valence-corrected chi connectivity index (χ3v) is 5.36. The highest BCUT2D eigenvalue weighted by Gasteiger charge is 2.44. The summed E-state index contributed by atoms with van der Waals surface area (Å²) >= 11 is 0. The Morgan fingerprint density at radius 1 is 0.774 bits per heavy atom. The lowest BCUT2D eigenvalue weighted by Crippen LogP contribution is -2.41. The third-order valence-electron chi connectivity index (χ3n) is 5.36. The molecule has 3 aromatic carbocycles. The minimum Gasteiger partial charge on any atom is -0.497 e. The topological polar surface area (TPSA) is 74.2 Å². The van der Waals surface area contributed by atoms with E-state index in [1.807, 2.05) is 42.5 Å². The summed E-state index contributed by atoms with van der Waals surface area (Å²) in [5.74, 6) is 0.797. The van der Waals surface area contributed by atoms with E-state index in [9.17, 15) is 9.90 Å². The van der Waals surface area contributed by atoms with Crippen molar-refractivity contribution in [1.82, 2.24) is 0 Å². The predicted molar refractivity (Wildman–Crippen MR) is 114 cm³/mol. The maximum Gasteiger partial charge on any atom is 0.339 e. The number of ether oxygens (including phenoxy) is 4. The number of rotatable bonds is 6. The van der Waals surface area contributed by atoms with Gasteiger partial charge in [-0.1, -0.05) is 54.6 Å². The molecule has 31 heavy (non-hydrogen) atoms. The van der Waals surface area contributed by atoms with Crippen molar-refractivity contribution in [2.24, 2.45) is 0 Å². The zero-order valence-corrected chi connectivity index (χ0v) is 17.3. The Labute approximate surface area is 181 Å². The molecule has 0 radical (unpaired) electrons. The molecule has 1 N–H and O–H groups in total. The first kappa shape index (κ1) is 20.9. The normalized spacial score (nSPS) is 21.8. The van der Waals surface area contributed by atoms with Crippen LogP contribution in [0.5, 0.6) is 11.5 Å². The van der Waals surface area contributed by atoms with Crippen molar-refractivity contribution in [3.8, 4) is 11.5 Å². The van der Waals surface area contributed by atoms with E-state index >= 15 is 0 Å². The fourth-order valence-electron chi connectivity index (χ4n) is 3.65. The number of aliphatic hydroxyl groups is 1. The molecule has 4 atom stereocenters. The van der Waals surface area contributed by atoms with Crippen molar-refractivity contribution >= 4 is 5.97 Å². The molecule has 3 aromatic rings. The number of carbonyl (C=O) groups excluding carboxylic acids is 1. The van der Waals surface area contributed by atoms with Gasteiger partial charge in [0.2, 0.25) is 0 Å². The number of hydrogen-bond donors (Lipinski definition) is 1. The average molecular weight is 420 g/mol. The van der Waals surface area contributed by atoms with E-state index in [0.29, 0.717) is 17.1 Å². The largest absolute Gasteiger partial charge is 0.497 e. The second kappa shape index (κ2) is 9.20. The predicted octanol–water partition coefficient (Wildman–Crippen LogP) is 4.16. The molecule has 4 rings (SSSR count). The van der Waals surface area contributed by atoms with Gasteiger partial charge in [-0.15, -0.1) is 0 Å². The summed E-state index contributed by atoms with van der Waals surface area (Å²) in [6, 6.07) is 23.6. The van der Waals surface area contributed by atoms with Gasteiger partial charge in [0.1, 0.15) is 23.7 Å². The fourth-order valence-corrected chi connectivity index (χ4v) is 3.65. The SMILES string of the molecule is COc1ccc([C@@H]2OC(=O)[C@H]([C@@H](O)c3ccccc3)O[C@H]2c2ccc(OC)cc2)cc1. The van der Waals surface area contributed by atoms with Gasteiger partial charge in [-0.25, -0.2) is 4.79 Å². The first-order chi connectivity index (χ1) is 15.1. The third kappa shape index (κ3) is 4.40. The first-order valence-corrected chi connectivity index (χ1v) is 9.97. The first-order valence-electron chi connectivity index (χ1n) is 9.97. The molecule has 1 saturated heterocycles. The van der Waals surface area contributed by atoms with Gasteiger partial charge in [0.25, 0.3) is 0 Å². The van der Waals surface area contributed by atoms with Crippen LogP contribution in [-0.4, -0.2) is 31.4 Å². The molecule has 0 aliphatic carbocycles. The molecule has 0 amide bonds. The Hall–Kier alpha value is -3.35. The Morgan fingerprint density at radius 2 is 1.29 bits per heavy atom. The van der Waals surface area contributed by atoms with E-state index in [1.54, 1.807) is 50.6 Å². The van der Waals surface area contributed by atoms with Gasteiger partial charge in [0.15, 0.2) is 12.2 Å². The molecular formula is C25H24O6. The standard InChI is InChI=1S/C25H24O6/c1-28-19-12-8-17(9-13-19)22-23(18-10-14-20(29-2)15-11-18)31-25(27)24(30-22)21(26)16-6-4-3-5-7-16/h3-15,21-24,26H,1-2H3/t21-,22-,23-,24-/m0/s1. The number of methoxy groups -OCH3 is 2. The van der Waals surface area contributed by atoms with Crippen LogP contribution in [-0.2, 0) is 14.3 Å². The summed E-state index contributed by atoms with van der Waals surface area (Å²) < 4.78 is 22.5. The van der Waals surface area contributed by atoms with Crippen molar-refractivity contribution in [2.45, 2.75) is 24.4 Å². The number of benzene rings is 3. The Balaban J connectivity index is 1.68. The highest BCUT2D eigenvalue weighted by atomic mass is 16.6. The van der Waals surface area contributed by atoms with Crippen LogP contribution in [0.2, 0.25) is 0 Å². The van der Waals surface area contributed by atoms with Crippen LogP contribution in [0.3, 0.4) is 0 Å². The fraction of sp³-hybridized carbons (Fsp3) is 0.240. The van der Waals surface area contributed by atoms with Gasteiger partial charge in [-0.05, 0) is 41.0 Å². The molecule has 1 fully saturated rings. The molecule has 0 bridgehead atoms. The Bertz CT molecular complexity index is 1000. The molecule has 1 aliphatic heterocycles. The monoisotopic (exact) mass is 420 g/mol.